The summed E-state index contributed by atoms with van der Waals surface area (Å²) in [4.78, 5) is 9.32. The lowest BCUT2D eigenvalue weighted by molar-refractivity contribution is 0.0156. The number of likely N-dealkylation sites (N-methyl/N-ethyl adjacent to an activating group) is 1. The van der Waals surface area contributed by atoms with Crippen LogP contribution in [0, 0.1) is 13.8 Å². The molecule has 0 amide bonds. The monoisotopic (exact) mass is 263 g/mol. The van der Waals surface area contributed by atoms with Crippen molar-refractivity contribution in [1.82, 2.24) is 15.3 Å². The van der Waals surface area contributed by atoms with E-state index in [9.17, 15) is 0 Å². The van der Waals surface area contributed by atoms with Crippen molar-refractivity contribution >= 4 is 0 Å². The first-order valence-electron chi connectivity index (χ1n) is 7.30. The van der Waals surface area contributed by atoms with Crippen LogP contribution in [0.3, 0.4) is 0 Å². The molecule has 4 heteroatoms. The van der Waals surface area contributed by atoms with E-state index >= 15 is 0 Å². The number of hydrogen-bond acceptors (Lipinski definition) is 4. The molecular formula is C15H25N3O. The largest absolute Gasteiger partial charge is 0.378 e. The van der Waals surface area contributed by atoms with Crippen LogP contribution in [-0.4, -0.2) is 36.3 Å². The summed E-state index contributed by atoms with van der Waals surface area (Å²) in [5, 5.41) is 3.18. The van der Waals surface area contributed by atoms with Gasteiger partial charge in [0.1, 0.15) is 5.82 Å². The summed E-state index contributed by atoms with van der Waals surface area (Å²) in [5.74, 6) is 0.940. The standard InChI is InChI=1S/C15H25N3O/c1-11-14(7-8-16-3)12(2)18-15(17-11)10-13-6-4-5-9-19-13/h13,16H,4-10H2,1-3H3. The minimum absolute atomic E-state index is 0.315. The van der Waals surface area contributed by atoms with Crippen molar-refractivity contribution in [3.05, 3.63) is 22.8 Å². The Morgan fingerprint density at radius 3 is 2.53 bits per heavy atom. The second-order valence-electron chi connectivity index (χ2n) is 5.34. The number of ether oxygens (including phenoxy) is 1. The molecule has 106 valence electrons. The van der Waals surface area contributed by atoms with E-state index in [4.69, 9.17) is 4.74 Å². The van der Waals surface area contributed by atoms with Crippen LogP contribution in [0.5, 0.6) is 0 Å². The fraction of sp³-hybridized carbons (Fsp3) is 0.733. The van der Waals surface area contributed by atoms with Gasteiger partial charge in [-0.1, -0.05) is 0 Å². The Bertz CT molecular complexity index is 391. The third kappa shape index (κ3) is 3.98. The van der Waals surface area contributed by atoms with E-state index in [-0.39, 0.29) is 0 Å². The van der Waals surface area contributed by atoms with Gasteiger partial charge in [-0.3, -0.25) is 0 Å². The second kappa shape index (κ2) is 6.96. The molecule has 1 unspecified atom stereocenters. The van der Waals surface area contributed by atoms with Crippen molar-refractivity contribution in [2.24, 2.45) is 0 Å². The maximum absolute atomic E-state index is 5.77. The molecule has 0 bridgehead atoms. The Morgan fingerprint density at radius 2 is 1.95 bits per heavy atom. The Morgan fingerprint density at radius 1 is 1.21 bits per heavy atom. The van der Waals surface area contributed by atoms with Gasteiger partial charge in [0.25, 0.3) is 0 Å². The van der Waals surface area contributed by atoms with E-state index in [1.54, 1.807) is 0 Å². The van der Waals surface area contributed by atoms with Gasteiger partial charge in [-0.2, -0.15) is 0 Å². The zero-order chi connectivity index (χ0) is 13.7. The summed E-state index contributed by atoms with van der Waals surface area (Å²) in [5.41, 5.74) is 3.52. The lowest BCUT2D eigenvalue weighted by Crippen LogP contribution is -2.23. The van der Waals surface area contributed by atoms with Crippen LogP contribution in [0.4, 0.5) is 0 Å². The predicted octanol–water partition coefficient (Wildman–Crippen LogP) is 1.97. The van der Waals surface area contributed by atoms with Crippen LogP contribution < -0.4 is 5.32 Å². The summed E-state index contributed by atoms with van der Waals surface area (Å²) in [6.45, 7) is 6.04. The summed E-state index contributed by atoms with van der Waals surface area (Å²) in [7, 11) is 1.97. The Hall–Kier alpha value is -1.00. The van der Waals surface area contributed by atoms with Gasteiger partial charge in [0.2, 0.25) is 0 Å². The lowest BCUT2D eigenvalue weighted by atomic mass is 10.0. The van der Waals surface area contributed by atoms with Crippen LogP contribution in [0.25, 0.3) is 0 Å². The number of hydrogen-bond donors (Lipinski definition) is 1. The highest BCUT2D eigenvalue weighted by atomic mass is 16.5. The summed E-state index contributed by atoms with van der Waals surface area (Å²) < 4.78 is 5.77. The molecule has 1 aliphatic heterocycles. The zero-order valence-electron chi connectivity index (χ0n) is 12.3. The number of nitrogens with zero attached hydrogens (tertiary/aromatic N) is 2. The molecule has 2 rings (SSSR count). The zero-order valence-corrected chi connectivity index (χ0v) is 12.3. The van der Waals surface area contributed by atoms with Crippen molar-refractivity contribution < 1.29 is 4.74 Å². The van der Waals surface area contributed by atoms with E-state index in [0.717, 1.165) is 49.6 Å². The summed E-state index contributed by atoms with van der Waals surface area (Å²) in [6.07, 6.45) is 5.77. The van der Waals surface area contributed by atoms with E-state index in [0.29, 0.717) is 6.10 Å². The average molecular weight is 263 g/mol. The third-order valence-electron chi connectivity index (χ3n) is 3.78. The molecule has 1 aromatic rings. The van der Waals surface area contributed by atoms with Gasteiger partial charge >= 0.3 is 0 Å². The molecule has 1 N–H and O–H groups in total. The highest BCUT2D eigenvalue weighted by molar-refractivity contribution is 5.24. The first kappa shape index (κ1) is 14.4. The smallest absolute Gasteiger partial charge is 0.131 e. The van der Waals surface area contributed by atoms with Gasteiger partial charge in [-0.15, -0.1) is 0 Å². The van der Waals surface area contributed by atoms with Gasteiger partial charge in [0.05, 0.1) is 6.10 Å². The van der Waals surface area contributed by atoms with Crippen LogP contribution in [0.15, 0.2) is 0 Å². The number of aromatic nitrogens is 2. The predicted molar refractivity (Wildman–Crippen MR) is 76.4 cm³/mol. The summed E-state index contributed by atoms with van der Waals surface area (Å²) in [6, 6.07) is 0. The fourth-order valence-corrected chi connectivity index (χ4v) is 2.68. The minimum Gasteiger partial charge on any atom is -0.378 e. The third-order valence-corrected chi connectivity index (χ3v) is 3.78. The molecule has 2 heterocycles. The summed E-state index contributed by atoms with van der Waals surface area (Å²) >= 11 is 0. The van der Waals surface area contributed by atoms with Crippen LogP contribution >= 0.6 is 0 Å². The van der Waals surface area contributed by atoms with Crippen molar-refractivity contribution in [2.45, 2.75) is 52.1 Å². The van der Waals surface area contributed by atoms with Crippen LogP contribution in [0.2, 0.25) is 0 Å². The molecule has 0 spiro atoms. The molecule has 1 fully saturated rings. The maximum atomic E-state index is 5.77. The van der Waals surface area contributed by atoms with Gasteiger partial charge in [-0.25, -0.2) is 9.97 Å². The molecule has 0 aromatic carbocycles. The Kier molecular flexibility index (Phi) is 5.28. The molecular weight excluding hydrogens is 238 g/mol. The van der Waals surface area contributed by atoms with E-state index in [1.165, 1.54) is 18.4 Å². The van der Waals surface area contributed by atoms with Crippen LogP contribution in [0.1, 0.15) is 42.0 Å². The molecule has 1 aliphatic rings. The van der Waals surface area contributed by atoms with E-state index in [2.05, 4.69) is 29.1 Å². The molecule has 0 aliphatic carbocycles. The number of aryl methyl sites for hydroxylation is 2. The lowest BCUT2D eigenvalue weighted by Gasteiger charge is -2.22. The molecule has 1 atom stereocenters. The normalized spacial score (nSPS) is 19.6. The molecule has 19 heavy (non-hydrogen) atoms. The highest BCUT2D eigenvalue weighted by Crippen LogP contribution is 2.17. The number of nitrogens with one attached hydrogen (secondary N) is 1. The van der Waals surface area contributed by atoms with Crippen molar-refractivity contribution in [3.63, 3.8) is 0 Å². The molecule has 0 saturated carbocycles. The fourth-order valence-electron chi connectivity index (χ4n) is 2.68. The quantitative estimate of drug-likeness (QED) is 0.882. The second-order valence-corrected chi connectivity index (χ2v) is 5.34. The first-order chi connectivity index (χ1) is 9.20. The maximum Gasteiger partial charge on any atom is 0.131 e. The Labute approximate surface area is 116 Å². The van der Waals surface area contributed by atoms with Crippen LogP contribution in [-0.2, 0) is 17.6 Å². The van der Waals surface area contributed by atoms with Crippen molar-refractivity contribution in [3.8, 4) is 0 Å². The van der Waals surface area contributed by atoms with Gasteiger partial charge in [0.15, 0.2) is 0 Å². The van der Waals surface area contributed by atoms with E-state index < -0.39 is 0 Å². The molecule has 1 saturated heterocycles. The van der Waals surface area contributed by atoms with Gasteiger partial charge < -0.3 is 10.1 Å². The highest BCUT2D eigenvalue weighted by Gasteiger charge is 2.17. The Balaban J connectivity index is 2.05. The SMILES string of the molecule is CNCCc1c(C)nc(CC2CCCCO2)nc1C. The van der Waals surface area contributed by atoms with E-state index in [1.807, 2.05) is 7.05 Å². The van der Waals surface area contributed by atoms with Crippen molar-refractivity contribution in [1.29, 1.82) is 0 Å². The molecule has 4 nitrogen and oxygen atoms in total. The number of rotatable bonds is 5. The van der Waals surface area contributed by atoms with Gasteiger partial charge in [-0.05, 0) is 58.7 Å². The first-order valence-corrected chi connectivity index (χ1v) is 7.30. The van der Waals surface area contributed by atoms with Gasteiger partial charge in [0, 0.05) is 24.4 Å². The topological polar surface area (TPSA) is 47.0 Å². The average Bonchev–Trinajstić information content (AvgIpc) is 2.39. The van der Waals surface area contributed by atoms with Crippen molar-refractivity contribution in [2.75, 3.05) is 20.2 Å². The molecule has 1 aromatic heterocycles. The minimum atomic E-state index is 0.315. The molecule has 0 radical (unpaired) electrons.